The first-order valence-corrected chi connectivity index (χ1v) is 6.72. The van der Waals surface area contributed by atoms with Gasteiger partial charge in [-0.1, -0.05) is 6.92 Å². The second-order valence-electron chi connectivity index (χ2n) is 5.01. The number of nitrogens with zero attached hydrogens (tertiary/aromatic N) is 3. The van der Waals surface area contributed by atoms with Crippen molar-refractivity contribution < 1.29 is 4.74 Å². The number of nitrogen functional groups attached to an aromatic ring is 1. The number of nitrogens with two attached hydrogens (primary N) is 1. The third-order valence-corrected chi connectivity index (χ3v) is 3.28. The van der Waals surface area contributed by atoms with Crippen molar-refractivity contribution in [2.24, 2.45) is 7.05 Å². The summed E-state index contributed by atoms with van der Waals surface area (Å²) in [5.74, 6) is 0.704. The van der Waals surface area contributed by atoms with E-state index in [4.69, 9.17) is 10.5 Å². The van der Waals surface area contributed by atoms with E-state index in [1.807, 2.05) is 48.9 Å². The molecule has 0 saturated heterocycles. The number of benzene rings is 1. The fourth-order valence-corrected chi connectivity index (χ4v) is 1.96. The number of rotatable bonds is 5. The smallest absolute Gasteiger partial charge is 0.144 e. The molecule has 2 aromatic rings. The molecule has 0 atom stereocenters. The van der Waals surface area contributed by atoms with Crippen LogP contribution in [0.5, 0.6) is 5.75 Å². The molecule has 0 saturated carbocycles. The molecular weight excluding hydrogens is 252 g/mol. The van der Waals surface area contributed by atoms with Gasteiger partial charge in [-0.3, -0.25) is 4.68 Å². The van der Waals surface area contributed by atoms with E-state index in [0.29, 0.717) is 18.0 Å². The topological polar surface area (TPSA) is 56.3 Å². The summed E-state index contributed by atoms with van der Waals surface area (Å²) in [6.45, 7) is 2.55. The Hall–Kier alpha value is -2.17. The van der Waals surface area contributed by atoms with Gasteiger partial charge >= 0.3 is 0 Å². The lowest BCUT2D eigenvalue weighted by Gasteiger charge is -2.15. The Labute approximate surface area is 119 Å². The van der Waals surface area contributed by atoms with Gasteiger partial charge in [0.25, 0.3) is 0 Å². The zero-order valence-corrected chi connectivity index (χ0v) is 12.6. The van der Waals surface area contributed by atoms with Crippen LogP contribution in [0.15, 0.2) is 24.3 Å². The molecule has 1 aromatic carbocycles. The van der Waals surface area contributed by atoms with Crippen molar-refractivity contribution in [3.05, 3.63) is 35.7 Å². The minimum absolute atomic E-state index is 0.463. The third kappa shape index (κ3) is 3.04. The van der Waals surface area contributed by atoms with Crippen molar-refractivity contribution in [2.45, 2.75) is 20.0 Å². The standard InChI is InChI=1S/C15H22N4O/c1-5-11-8-13(19(4)17-11)10-20-15-9-12(18(2)3)6-7-14(15)16/h6-9H,5,10,16H2,1-4H3. The number of aromatic nitrogens is 2. The first-order chi connectivity index (χ1) is 9.51. The largest absolute Gasteiger partial charge is 0.485 e. The maximum atomic E-state index is 5.96. The van der Waals surface area contributed by atoms with Crippen LogP contribution in [0, 0.1) is 0 Å². The Morgan fingerprint density at radius 2 is 2.05 bits per heavy atom. The zero-order valence-electron chi connectivity index (χ0n) is 12.6. The van der Waals surface area contributed by atoms with E-state index in [1.165, 1.54) is 0 Å². The Morgan fingerprint density at radius 1 is 1.30 bits per heavy atom. The van der Waals surface area contributed by atoms with Gasteiger partial charge in [0, 0.05) is 32.9 Å². The highest BCUT2D eigenvalue weighted by molar-refractivity contribution is 5.61. The van der Waals surface area contributed by atoms with Gasteiger partial charge in [-0.05, 0) is 24.6 Å². The molecule has 0 unspecified atom stereocenters. The van der Waals surface area contributed by atoms with Crippen LogP contribution in [0.2, 0.25) is 0 Å². The molecule has 1 aromatic heterocycles. The molecule has 2 rings (SSSR count). The number of aryl methyl sites for hydroxylation is 2. The molecule has 0 aliphatic heterocycles. The molecule has 2 N–H and O–H groups in total. The van der Waals surface area contributed by atoms with E-state index in [-0.39, 0.29) is 0 Å². The number of hydrogen-bond donors (Lipinski definition) is 1. The molecule has 1 heterocycles. The van der Waals surface area contributed by atoms with Crippen LogP contribution in [0.1, 0.15) is 18.3 Å². The molecule has 0 fully saturated rings. The fraction of sp³-hybridized carbons (Fsp3) is 0.400. The van der Waals surface area contributed by atoms with Gasteiger partial charge in [0.15, 0.2) is 0 Å². The highest BCUT2D eigenvalue weighted by atomic mass is 16.5. The van der Waals surface area contributed by atoms with E-state index in [9.17, 15) is 0 Å². The van der Waals surface area contributed by atoms with Crippen LogP contribution in [-0.4, -0.2) is 23.9 Å². The van der Waals surface area contributed by atoms with Crippen molar-refractivity contribution in [1.82, 2.24) is 9.78 Å². The van der Waals surface area contributed by atoms with Crippen molar-refractivity contribution in [3.8, 4) is 5.75 Å². The van der Waals surface area contributed by atoms with Gasteiger partial charge < -0.3 is 15.4 Å². The molecule has 0 bridgehead atoms. The highest BCUT2D eigenvalue weighted by Gasteiger charge is 2.07. The Bertz CT molecular complexity index is 590. The predicted molar refractivity (Wildman–Crippen MR) is 82.1 cm³/mol. The lowest BCUT2D eigenvalue weighted by atomic mass is 10.2. The lowest BCUT2D eigenvalue weighted by molar-refractivity contribution is 0.296. The minimum Gasteiger partial charge on any atom is -0.485 e. The van der Waals surface area contributed by atoms with Crippen LogP contribution in [0.25, 0.3) is 0 Å². The van der Waals surface area contributed by atoms with Gasteiger partial charge in [-0.2, -0.15) is 5.10 Å². The minimum atomic E-state index is 0.463. The van der Waals surface area contributed by atoms with Gasteiger partial charge in [-0.25, -0.2) is 0 Å². The average molecular weight is 274 g/mol. The third-order valence-electron chi connectivity index (χ3n) is 3.28. The van der Waals surface area contributed by atoms with E-state index < -0.39 is 0 Å². The maximum absolute atomic E-state index is 5.96. The summed E-state index contributed by atoms with van der Waals surface area (Å²) in [4.78, 5) is 2.02. The zero-order chi connectivity index (χ0) is 14.7. The summed E-state index contributed by atoms with van der Waals surface area (Å²) >= 11 is 0. The van der Waals surface area contributed by atoms with E-state index in [2.05, 4.69) is 18.1 Å². The number of ether oxygens (including phenoxy) is 1. The Balaban J connectivity index is 2.13. The Morgan fingerprint density at radius 3 is 2.65 bits per heavy atom. The molecule has 0 amide bonds. The summed E-state index contributed by atoms with van der Waals surface area (Å²) < 4.78 is 7.69. The molecule has 0 spiro atoms. The normalized spacial score (nSPS) is 10.6. The Kier molecular flexibility index (Phi) is 4.17. The maximum Gasteiger partial charge on any atom is 0.144 e. The number of hydrogen-bond acceptors (Lipinski definition) is 4. The number of anilines is 2. The predicted octanol–water partition coefficient (Wildman–Crippen LogP) is 2.21. The van der Waals surface area contributed by atoms with Crippen LogP contribution in [0.3, 0.4) is 0 Å². The average Bonchev–Trinajstić information content (AvgIpc) is 2.78. The monoisotopic (exact) mass is 274 g/mol. The van der Waals surface area contributed by atoms with Crippen LogP contribution < -0.4 is 15.4 Å². The van der Waals surface area contributed by atoms with Gasteiger partial charge in [0.2, 0.25) is 0 Å². The molecule has 108 valence electrons. The van der Waals surface area contributed by atoms with E-state index >= 15 is 0 Å². The second kappa shape index (κ2) is 5.86. The molecule has 0 aliphatic carbocycles. The lowest BCUT2D eigenvalue weighted by Crippen LogP contribution is -2.09. The van der Waals surface area contributed by atoms with Crippen LogP contribution in [-0.2, 0) is 20.1 Å². The molecular formula is C15H22N4O. The van der Waals surface area contributed by atoms with Crippen molar-refractivity contribution in [1.29, 1.82) is 0 Å². The first kappa shape index (κ1) is 14.2. The SMILES string of the molecule is CCc1cc(COc2cc(N(C)C)ccc2N)n(C)n1. The van der Waals surface area contributed by atoms with E-state index in [0.717, 1.165) is 23.5 Å². The fourth-order valence-electron chi connectivity index (χ4n) is 1.96. The van der Waals surface area contributed by atoms with Crippen LogP contribution >= 0.6 is 0 Å². The molecule has 0 radical (unpaired) electrons. The quantitative estimate of drug-likeness (QED) is 0.849. The van der Waals surface area contributed by atoms with Gasteiger partial charge in [-0.15, -0.1) is 0 Å². The van der Waals surface area contributed by atoms with Gasteiger partial charge in [0.05, 0.1) is 17.1 Å². The van der Waals surface area contributed by atoms with E-state index in [1.54, 1.807) is 0 Å². The highest BCUT2D eigenvalue weighted by Crippen LogP contribution is 2.27. The van der Waals surface area contributed by atoms with Crippen molar-refractivity contribution >= 4 is 11.4 Å². The summed E-state index contributed by atoms with van der Waals surface area (Å²) in [5.41, 5.74) is 9.78. The molecule has 5 nitrogen and oxygen atoms in total. The summed E-state index contributed by atoms with van der Waals surface area (Å²) in [6.07, 6.45) is 0.923. The summed E-state index contributed by atoms with van der Waals surface area (Å²) in [7, 11) is 5.91. The summed E-state index contributed by atoms with van der Waals surface area (Å²) in [5, 5.41) is 4.41. The molecule has 0 aliphatic rings. The molecule has 5 heteroatoms. The summed E-state index contributed by atoms with van der Waals surface area (Å²) in [6, 6.07) is 7.85. The van der Waals surface area contributed by atoms with Gasteiger partial charge in [0.1, 0.15) is 12.4 Å². The second-order valence-corrected chi connectivity index (χ2v) is 5.01. The van der Waals surface area contributed by atoms with Crippen molar-refractivity contribution in [3.63, 3.8) is 0 Å². The van der Waals surface area contributed by atoms with Crippen LogP contribution in [0.4, 0.5) is 11.4 Å². The van der Waals surface area contributed by atoms with Crippen molar-refractivity contribution in [2.75, 3.05) is 24.7 Å². The first-order valence-electron chi connectivity index (χ1n) is 6.72. The molecule has 20 heavy (non-hydrogen) atoms.